The van der Waals surface area contributed by atoms with Crippen molar-refractivity contribution in [2.24, 2.45) is 0 Å². The zero-order valence-corrected chi connectivity index (χ0v) is 23.3. The van der Waals surface area contributed by atoms with Crippen LogP contribution in [0.1, 0.15) is 12.5 Å². The average molecular weight is 537 g/mol. The molecule has 0 radical (unpaired) electrons. The van der Waals surface area contributed by atoms with Crippen molar-refractivity contribution in [2.45, 2.75) is 6.92 Å². The van der Waals surface area contributed by atoms with Crippen LogP contribution in [0, 0.1) is 0 Å². The van der Waals surface area contributed by atoms with Crippen molar-refractivity contribution in [1.82, 2.24) is 9.38 Å². The van der Waals surface area contributed by atoms with Gasteiger partial charge in [0, 0.05) is 10.8 Å². The third-order valence-corrected chi connectivity index (χ3v) is 8.29. The van der Waals surface area contributed by atoms with Gasteiger partial charge >= 0.3 is 0 Å². The van der Waals surface area contributed by atoms with Crippen LogP contribution in [-0.4, -0.2) is 9.38 Å². The van der Waals surface area contributed by atoms with E-state index < -0.39 is 0 Å². The molecule has 0 aliphatic heterocycles. The number of benzene rings is 6. The Morgan fingerprint density at radius 2 is 1.24 bits per heavy atom. The highest BCUT2D eigenvalue weighted by Gasteiger charge is 2.17. The minimum atomic E-state index is 0.994. The number of hydrogen-bond acceptors (Lipinski definition) is 1. The maximum Gasteiger partial charge on any atom is 0.146 e. The van der Waals surface area contributed by atoms with Gasteiger partial charge in [-0.15, -0.1) is 0 Å². The zero-order valence-electron chi connectivity index (χ0n) is 23.3. The van der Waals surface area contributed by atoms with E-state index in [1.807, 2.05) is 6.92 Å². The molecule has 8 aromatic rings. The van der Waals surface area contributed by atoms with E-state index >= 15 is 0 Å². The summed E-state index contributed by atoms with van der Waals surface area (Å²) < 4.78 is 2.32. The van der Waals surface area contributed by atoms with E-state index in [9.17, 15) is 0 Å². The summed E-state index contributed by atoms with van der Waals surface area (Å²) in [4.78, 5) is 5.26. The minimum absolute atomic E-state index is 0.994. The van der Waals surface area contributed by atoms with Gasteiger partial charge in [-0.25, -0.2) is 4.98 Å². The van der Waals surface area contributed by atoms with Gasteiger partial charge in [-0.2, -0.15) is 0 Å². The third-order valence-electron chi connectivity index (χ3n) is 8.29. The van der Waals surface area contributed by atoms with Gasteiger partial charge in [0.2, 0.25) is 0 Å². The molecule has 198 valence electrons. The molecule has 0 unspecified atom stereocenters. The van der Waals surface area contributed by atoms with Crippen molar-refractivity contribution >= 4 is 55.2 Å². The number of pyridine rings is 1. The van der Waals surface area contributed by atoms with Gasteiger partial charge in [0.05, 0.1) is 16.6 Å². The van der Waals surface area contributed by atoms with E-state index in [-0.39, 0.29) is 0 Å². The van der Waals surface area contributed by atoms with Crippen LogP contribution in [-0.2, 0) is 0 Å². The molecule has 2 heterocycles. The van der Waals surface area contributed by atoms with Crippen LogP contribution in [0.4, 0.5) is 0 Å². The van der Waals surface area contributed by atoms with Crippen molar-refractivity contribution in [3.05, 3.63) is 151 Å². The van der Waals surface area contributed by atoms with E-state index in [4.69, 9.17) is 4.98 Å². The van der Waals surface area contributed by atoms with E-state index in [1.165, 1.54) is 54.7 Å². The SMILES string of the molecule is C/C=C\C=C/c1cc(-c2ccccc2)c2ccccc2c1-c1ccc2c(c1)nc1c3ccccc3c3ccccc3n21. The van der Waals surface area contributed by atoms with Crippen LogP contribution < -0.4 is 0 Å². The maximum absolute atomic E-state index is 5.26. The lowest BCUT2D eigenvalue weighted by atomic mass is 9.88. The molecule has 2 aromatic heterocycles. The third kappa shape index (κ3) is 3.77. The smallest absolute Gasteiger partial charge is 0.146 e. The summed E-state index contributed by atoms with van der Waals surface area (Å²) in [6, 6.07) is 45.8. The van der Waals surface area contributed by atoms with Gasteiger partial charge in [-0.05, 0) is 75.2 Å². The highest BCUT2D eigenvalue weighted by molar-refractivity contribution is 6.14. The largest absolute Gasteiger partial charge is 0.292 e. The summed E-state index contributed by atoms with van der Waals surface area (Å²) in [5.74, 6) is 0. The average Bonchev–Trinajstić information content (AvgIpc) is 3.44. The van der Waals surface area contributed by atoms with Crippen LogP contribution in [0.25, 0.3) is 77.5 Å². The molecule has 0 amide bonds. The van der Waals surface area contributed by atoms with Crippen LogP contribution in [0.15, 0.2) is 146 Å². The van der Waals surface area contributed by atoms with Crippen LogP contribution in [0.2, 0.25) is 0 Å². The van der Waals surface area contributed by atoms with E-state index in [0.29, 0.717) is 0 Å². The highest BCUT2D eigenvalue weighted by atomic mass is 15.0. The molecule has 0 spiro atoms. The Hall–Kier alpha value is -5.47. The van der Waals surface area contributed by atoms with Crippen molar-refractivity contribution in [2.75, 3.05) is 0 Å². The topological polar surface area (TPSA) is 17.3 Å². The molecular weight excluding hydrogens is 508 g/mol. The lowest BCUT2D eigenvalue weighted by Crippen LogP contribution is -1.92. The number of fused-ring (bicyclic) bond motifs is 9. The first-order valence-corrected chi connectivity index (χ1v) is 14.4. The number of nitrogens with zero attached hydrogens (tertiary/aromatic N) is 2. The molecule has 0 aliphatic rings. The van der Waals surface area contributed by atoms with Gasteiger partial charge in [-0.1, -0.05) is 127 Å². The Balaban J connectivity index is 1.44. The monoisotopic (exact) mass is 536 g/mol. The Kier molecular flexibility index (Phi) is 5.72. The standard InChI is InChI=1S/C40H28N2/c1-2-3-5-16-28-25-35(27-14-6-4-7-15-27)31-18-8-10-20-33(31)39(28)29-23-24-38-36(26-29)41-40-34-21-11-9-17-30(34)32-19-12-13-22-37(32)42(38)40/h2-26H,1H3/b3-2-,16-5-. The lowest BCUT2D eigenvalue weighted by Gasteiger charge is -2.16. The van der Waals surface area contributed by atoms with E-state index in [1.54, 1.807) is 0 Å². The van der Waals surface area contributed by atoms with Crippen LogP contribution in [0.3, 0.4) is 0 Å². The summed E-state index contributed by atoms with van der Waals surface area (Å²) in [5.41, 5.74) is 10.3. The molecule has 2 nitrogen and oxygen atoms in total. The van der Waals surface area contributed by atoms with Gasteiger partial charge < -0.3 is 0 Å². The van der Waals surface area contributed by atoms with Crippen molar-refractivity contribution in [3.63, 3.8) is 0 Å². The molecule has 0 saturated heterocycles. The predicted molar refractivity (Wildman–Crippen MR) is 180 cm³/mol. The predicted octanol–water partition coefficient (Wildman–Crippen LogP) is 10.9. The molecule has 8 rings (SSSR count). The molecule has 0 N–H and O–H groups in total. The van der Waals surface area contributed by atoms with Crippen molar-refractivity contribution in [3.8, 4) is 22.3 Å². The molecule has 0 atom stereocenters. The highest BCUT2D eigenvalue weighted by Crippen LogP contribution is 2.41. The Morgan fingerprint density at radius 1 is 0.548 bits per heavy atom. The quantitative estimate of drug-likeness (QED) is 0.161. The summed E-state index contributed by atoms with van der Waals surface area (Å²) in [6.45, 7) is 2.05. The van der Waals surface area contributed by atoms with Gasteiger partial charge in [-0.3, -0.25) is 4.40 Å². The second-order valence-electron chi connectivity index (χ2n) is 10.7. The Bertz CT molecular complexity index is 2350. The summed E-state index contributed by atoms with van der Waals surface area (Å²) in [5, 5.41) is 6.12. The normalized spacial score (nSPS) is 12.2. The first-order chi connectivity index (χ1) is 20.8. The Morgan fingerprint density at radius 3 is 2.05 bits per heavy atom. The number of imidazole rings is 1. The number of allylic oxidation sites excluding steroid dienone is 3. The molecule has 42 heavy (non-hydrogen) atoms. The second kappa shape index (κ2) is 9.87. The van der Waals surface area contributed by atoms with E-state index in [2.05, 4.69) is 156 Å². The summed E-state index contributed by atoms with van der Waals surface area (Å²) in [7, 11) is 0. The zero-order chi connectivity index (χ0) is 28.0. The first-order valence-electron chi connectivity index (χ1n) is 14.4. The molecule has 0 fully saturated rings. The molecule has 2 heteroatoms. The fraction of sp³-hybridized carbons (Fsp3) is 0.0250. The molecular formula is C40H28N2. The van der Waals surface area contributed by atoms with E-state index in [0.717, 1.165) is 22.2 Å². The first kappa shape index (κ1) is 24.3. The number of para-hydroxylation sites is 1. The Labute approximate surface area is 244 Å². The molecule has 6 aromatic carbocycles. The number of hydrogen-bond donors (Lipinski definition) is 0. The van der Waals surface area contributed by atoms with Gasteiger partial charge in [0.1, 0.15) is 5.65 Å². The number of rotatable bonds is 4. The summed E-state index contributed by atoms with van der Waals surface area (Å²) >= 11 is 0. The molecule has 0 saturated carbocycles. The fourth-order valence-corrected chi connectivity index (χ4v) is 6.45. The molecule has 0 bridgehead atoms. The van der Waals surface area contributed by atoms with Crippen molar-refractivity contribution < 1.29 is 0 Å². The molecule has 0 aliphatic carbocycles. The van der Waals surface area contributed by atoms with Crippen LogP contribution >= 0.6 is 0 Å². The van der Waals surface area contributed by atoms with Crippen molar-refractivity contribution in [1.29, 1.82) is 0 Å². The van der Waals surface area contributed by atoms with Gasteiger partial charge in [0.15, 0.2) is 0 Å². The van der Waals surface area contributed by atoms with Gasteiger partial charge in [0.25, 0.3) is 0 Å². The number of aromatic nitrogens is 2. The summed E-state index contributed by atoms with van der Waals surface area (Å²) in [6.07, 6.45) is 8.50. The van der Waals surface area contributed by atoms with Crippen LogP contribution in [0.5, 0.6) is 0 Å². The fourth-order valence-electron chi connectivity index (χ4n) is 6.45. The maximum atomic E-state index is 5.26. The second-order valence-corrected chi connectivity index (χ2v) is 10.7. The lowest BCUT2D eigenvalue weighted by molar-refractivity contribution is 1.31. The minimum Gasteiger partial charge on any atom is -0.292 e.